The Morgan fingerprint density at radius 2 is 1.71 bits per heavy atom. The summed E-state index contributed by atoms with van der Waals surface area (Å²) < 4.78 is 0. The summed E-state index contributed by atoms with van der Waals surface area (Å²) in [4.78, 5) is 31.6. The Hall–Kier alpha value is -2.63. The summed E-state index contributed by atoms with van der Waals surface area (Å²) in [6.45, 7) is 5.44. The summed E-state index contributed by atoms with van der Waals surface area (Å²) in [6, 6.07) is 15.2. The van der Waals surface area contributed by atoms with Crippen LogP contribution < -0.4 is 0 Å². The maximum absolute atomic E-state index is 12.8. The summed E-state index contributed by atoms with van der Waals surface area (Å²) >= 11 is 6.03. The molecule has 0 bridgehead atoms. The van der Waals surface area contributed by atoms with E-state index in [-0.39, 0.29) is 11.7 Å². The third-order valence-electron chi connectivity index (χ3n) is 5.24. The number of benzene rings is 2. The molecule has 1 saturated heterocycles. The number of carbonyl (C=O) groups is 2. The van der Waals surface area contributed by atoms with Crippen LogP contribution in [0.2, 0.25) is 5.02 Å². The Morgan fingerprint density at radius 3 is 2.39 bits per heavy atom. The topological polar surface area (TPSA) is 56.4 Å². The fourth-order valence-corrected chi connectivity index (χ4v) is 3.78. The van der Waals surface area contributed by atoms with Crippen molar-refractivity contribution in [2.75, 3.05) is 26.2 Å². The molecule has 2 heterocycles. The average molecular weight is 396 g/mol. The minimum Gasteiger partial charge on any atom is -0.351 e. The molecule has 0 spiro atoms. The lowest BCUT2D eigenvalue weighted by atomic mass is 10.1. The lowest BCUT2D eigenvalue weighted by Gasteiger charge is -2.34. The average Bonchev–Trinajstić information content (AvgIpc) is 3.11. The predicted octanol–water partition coefficient (Wildman–Crippen LogP) is 3.98. The van der Waals surface area contributed by atoms with E-state index in [0.29, 0.717) is 23.8 Å². The summed E-state index contributed by atoms with van der Waals surface area (Å²) in [5.74, 6) is 0.107. The van der Waals surface area contributed by atoms with Crippen LogP contribution in [0, 0.1) is 0 Å². The molecule has 3 aromatic rings. The van der Waals surface area contributed by atoms with Gasteiger partial charge in [-0.25, -0.2) is 0 Å². The van der Waals surface area contributed by atoms with Gasteiger partial charge in [-0.05, 0) is 36.8 Å². The number of rotatable bonds is 4. The van der Waals surface area contributed by atoms with Gasteiger partial charge in [-0.1, -0.05) is 35.9 Å². The number of halogens is 1. The Bertz CT molecular complexity index is 1020. The quantitative estimate of drug-likeness (QED) is 0.680. The molecule has 0 radical (unpaired) electrons. The van der Waals surface area contributed by atoms with Gasteiger partial charge in [0.05, 0.1) is 0 Å². The van der Waals surface area contributed by atoms with Crippen molar-refractivity contribution in [3.63, 3.8) is 0 Å². The molecule has 1 amide bonds. The molecular weight excluding hydrogens is 374 g/mol. The van der Waals surface area contributed by atoms with Crippen LogP contribution in [-0.2, 0) is 6.54 Å². The molecule has 0 atom stereocenters. The normalized spacial score (nSPS) is 15.1. The zero-order chi connectivity index (χ0) is 19.7. The number of nitrogens with zero attached hydrogens (tertiary/aromatic N) is 2. The number of aromatic nitrogens is 1. The molecule has 1 aliphatic rings. The highest BCUT2D eigenvalue weighted by Crippen LogP contribution is 2.21. The second-order valence-electron chi connectivity index (χ2n) is 7.24. The van der Waals surface area contributed by atoms with Crippen molar-refractivity contribution in [2.45, 2.75) is 13.5 Å². The number of hydrogen-bond donors (Lipinski definition) is 1. The molecule has 4 rings (SSSR count). The highest BCUT2D eigenvalue weighted by atomic mass is 35.5. The van der Waals surface area contributed by atoms with Gasteiger partial charge in [0, 0.05) is 54.2 Å². The van der Waals surface area contributed by atoms with Crippen LogP contribution in [0.15, 0.2) is 48.5 Å². The van der Waals surface area contributed by atoms with Crippen molar-refractivity contribution in [1.29, 1.82) is 0 Å². The number of hydrogen-bond acceptors (Lipinski definition) is 3. The Balaban J connectivity index is 1.36. The highest BCUT2D eigenvalue weighted by molar-refractivity contribution is 6.31. The van der Waals surface area contributed by atoms with Crippen LogP contribution in [0.25, 0.3) is 10.9 Å². The van der Waals surface area contributed by atoms with Gasteiger partial charge in [0.1, 0.15) is 5.69 Å². The molecular formula is C22H22ClN3O2. The van der Waals surface area contributed by atoms with Crippen molar-refractivity contribution >= 4 is 34.2 Å². The third kappa shape index (κ3) is 3.96. The van der Waals surface area contributed by atoms with Gasteiger partial charge < -0.3 is 9.88 Å². The monoisotopic (exact) mass is 395 g/mol. The van der Waals surface area contributed by atoms with Gasteiger partial charge in [0.2, 0.25) is 0 Å². The van der Waals surface area contributed by atoms with Crippen molar-refractivity contribution < 1.29 is 9.59 Å². The number of ketones is 1. The van der Waals surface area contributed by atoms with Crippen LogP contribution in [0.5, 0.6) is 0 Å². The number of H-pyrrole nitrogens is 1. The SMILES string of the molecule is CC(=O)c1ccc(CN2CCN(C(=O)c3cc4cc(Cl)ccc4[nH]3)CC2)cc1. The molecule has 0 aliphatic carbocycles. The van der Waals surface area contributed by atoms with E-state index in [1.165, 1.54) is 5.56 Å². The van der Waals surface area contributed by atoms with E-state index in [9.17, 15) is 9.59 Å². The van der Waals surface area contributed by atoms with Crippen molar-refractivity contribution in [1.82, 2.24) is 14.8 Å². The predicted molar refractivity (Wildman–Crippen MR) is 111 cm³/mol. The van der Waals surface area contributed by atoms with Crippen molar-refractivity contribution in [3.05, 3.63) is 70.4 Å². The summed E-state index contributed by atoms with van der Waals surface area (Å²) in [5, 5.41) is 1.61. The molecule has 0 unspecified atom stereocenters. The minimum absolute atomic E-state index is 0.0257. The Morgan fingerprint density at radius 1 is 1.00 bits per heavy atom. The van der Waals surface area contributed by atoms with Crippen LogP contribution in [-0.4, -0.2) is 52.7 Å². The van der Waals surface area contributed by atoms with E-state index in [0.717, 1.165) is 36.1 Å². The zero-order valence-corrected chi connectivity index (χ0v) is 16.5. The maximum atomic E-state index is 12.8. The highest BCUT2D eigenvalue weighted by Gasteiger charge is 2.23. The zero-order valence-electron chi connectivity index (χ0n) is 15.7. The second-order valence-corrected chi connectivity index (χ2v) is 7.67. The standard InChI is InChI=1S/C22H22ClN3O2/c1-15(27)17-4-2-16(3-5-17)14-25-8-10-26(11-9-25)22(28)21-13-18-12-19(23)6-7-20(18)24-21/h2-7,12-13,24H,8-11,14H2,1H3. The number of aromatic amines is 1. The summed E-state index contributed by atoms with van der Waals surface area (Å²) in [6.07, 6.45) is 0. The van der Waals surface area contributed by atoms with Crippen LogP contribution >= 0.6 is 11.6 Å². The third-order valence-corrected chi connectivity index (χ3v) is 5.47. The molecule has 1 N–H and O–H groups in total. The maximum Gasteiger partial charge on any atom is 0.270 e. The van der Waals surface area contributed by atoms with Gasteiger partial charge in [-0.3, -0.25) is 14.5 Å². The number of carbonyl (C=O) groups excluding carboxylic acids is 2. The molecule has 1 fully saturated rings. The first-order chi connectivity index (χ1) is 13.5. The summed E-state index contributed by atoms with van der Waals surface area (Å²) in [7, 11) is 0. The van der Waals surface area contributed by atoms with Crippen molar-refractivity contribution in [2.24, 2.45) is 0 Å². The smallest absolute Gasteiger partial charge is 0.270 e. The van der Waals surface area contributed by atoms with E-state index < -0.39 is 0 Å². The Kier molecular flexibility index (Phi) is 5.20. The minimum atomic E-state index is 0.0257. The lowest BCUT2D eigenvalue weighted by molar-refractivity contribution is 0.0623. The number of nitrogens with one attached hydrogen (secondary N) is 1. The van der Waals surface area contributed by atoms with Gasteiger partial charge in [0.25, 0.3) is 5.91 Å². The van der Waals surface area contributed by atoms with E-state index >= 15 is 0 Å². The molecule has 144 valence electrons. The van der Waals surface area contributed by atoms with Crippen LogP contribution in [0.4, 0.5) is 0 Å². The molecule has 0 saturated carbocycles. The lowest BCUT2D eigenvalue weighted by Crippen LogP contribution is -2.48. The fraction of sp³-hybridized carbons (Fsp3) is 0.273. The molecule has 1 aliphatic heterocycles. The van der Waals surface area contributed by atoms with Crippen molar-refractivity contribution in [3.8, 4) is 0 Å². The second kappa shape index (κ2) is 7.78. The van der Waals surface area contributed by atoms with Gasteiger partial charge in [-0.15, -0.1) is 0 Å². The first-order valence-corrected chi connectivity index (χ1v) is 9.77. The van der Waals surface area contributed by atoms with E-state index in [1.807, 2.05) is 53.4 Å². The molecule has 5 nitrogen and oxygen atoms in total. The number of fused-ring (bicyclic) bond motifs is 1. The molecule has 2 aromatic carbocycles. The van der Waals surface area contributed by atoms with Crippen LogP contribution in [0.1, 0.15) is 33.3 Å². The summed E-state index contributed by atoms with van der Waals surface area (Å²) in [5.41, 5.74) is 3.43. The fourth-order valence-electron chi connectivity index (χ4n) is 3.60. The largest absolute Gasteiger partial charge is 0.351 e. The first kappa shape index (κ1) is 18.7. The van der Waals surface area contributed by atoms with Crippen LogP contribution in [0.3, 0.4) is 0 Å². The van der Waals surface area contributed by atoms with E-state index in [1.54, 1.807) is 6.92 Å². The van der Waals surface area contributed by atoms with Gasteiger partial charge in [-0.2, -0.15) is 0 Å². The number of piperazine rings is 1. The van der Waals surface area contributed by atoms with Gasteiger partial charge in [0.15, 0.2) is 5.78 Å². The molecule has 28 heavy (non-hydrogen) atoms. The van der Waals surface area contributed by atoms with E-state index in [4.69, 9.17) is 11.6 Å². The van der Waals surface area contributed by atoms with Gasteiger partial charge >= 0.3 is 0 Å². The molecule has 6 heteroatoms. The first-order valence-electron chi connectivity index (χ1n) is 9.39. The number of Topliss-reactive ketones (excluding diaryl/α,β-unsaturated/α-hetero) is 1. The Labute approximate surface area is 168 Å². The number of amides is 1. The molecule has 1 aromatic heterocycles. The van der Waals surface area contributed by atoms with E-state index in [2.05, 4.69) is 9.88 Å².